The maximum absolute atomic E-state index is 10.7. The number of carbonyl (C=O) groups is 2. The number of ketones is 1. The Morgan fingerprint density at radius 3 is 2.33 bits per heavy atom. The molecule has 15 heavy (non-hydrogen) atoms. The minimum atomic E-state index is -1.46. The Morgan fingerprint density at radius 1 is 1.27 bits per heavy atom. The van der Waals surface area contributed by atoms with E-state index in [1.54, 1.807) is 31.4 Å². The normalized spacial score (nSPS) is 10.2. The van der Waals surface area contributed by atoms with Crippen molar-refractivity contribution in [2.75, 3.05) is 7.11 Å². The Labute approximate surface area is 86.8 Å². The molecule has 0 saturated heterocycles. The molecule has 1 N–H and O–H groups in total. The number of carboxylic acids is 1. The van der Waals surface area contributed by atoms with Crippen LogP contribution in [-0.2, 0) is 9.59 Å². The highest BCUT2D eigenvalue weighted by atomic mass is 16.5. The largest absolute Gasteiger partial charge is 0.497 e. The Balaban J connectivity index is 2.73. The van der Waals surface area contributed by atoms with E-state index in [0.29, 0.717) is 5.75 Å². The first-order chi connectivity index (χ1) is 7.13. The monoisotopic (exact) mass is 206 g/mol. The summed E-state index contributed by atoms with van der Waals surface area (Å²) in [6.45, 7) is 0. The summed E-state index contributed by atoms with van der Waals surface area (Å²) in [5, 5.41) is 8.32. The van der Waals surface area contributed by atoms with E-state index in [4.69, 9.17) is 9.84 Å². The van der Waals surface area contributed by atoms with Crippen molar-refractivity contribution >= 4 is 17.8 Å². The lowest BCUT2D eigenvalue weighted by atomic mass is 10.2. The fraction of sp³-hybridized carbons (Fsp3) is 0.0909. The average molecular weight is 206 g/mol. The first-order valence-electron chi connectivity index (χ1n) is 4.23. The van der Waals surface area contributed by atoms with E-state index >= 15 is 0 Å². The highest BCUT2D eigenvalue weighted by Gasteiger charge is 2.05. The zero-order valence-corrected chi connectivity index (χ0v) is 8.14. The number of carboxylic acid groups (broad SMARTS) is 1. The Bertz CT molecular complexity index is 390. The number of hydrogen-bond acceptors (Lipinski definition) is 3. The second kappa shape index (κ2) is 4.95. The first-order valence-corrected chi connectivity index (χ1v) is 4.23. The topological polar surface area (TPSA) is 63.6 Å². The summed E-state index contributed by atoms with van der Waals surface area (Å²) in [7, 11) is 1.55. The van der Waals surface area contributed by atoms with Gasteiger partial charge in [-0.15, -0.1) is 0 Å². The number of ether oxygens (including phenoxy) is 1. The van der Waals surface area contributed by atoms with Crippen LogP contribution in [0.1, 0.15) is 5.56 Å². The minimum absolute atomic E-state index is 0.705. The summed E-state index contributed by atoms with van der Waals surface area (Å²) < 4.78 is 4.95. The Kier molecular flexibility index (Phi) is 3.62. The zero-order chi connectivity index (χ0) is 11.3. The molecule has 0 aliphatic heterocycles. The summed E-state index contributed by atoms with van der Waals surface area (Å²) in [5.74, 6) is -1.69. The van der Waals surface area contributed by atoms with Crippen LogP contribution < -0.4 is 4.74 Å². The first kappa shape index (κ1) is 11.0. The number of rotatable bonds is 4. The minimum Gasteiger partial charge on any atom is -0.497 e. The van der Waals surface area contributed by atoms with Crippen LogP contribution in [0.5, 0.6) is 5.75 Å². The van der Waals surface area contributed by atoms with Gasteiger partial charge in [0.1, 0.15) is 5.75 Å². The van der Waals surface area contributed by atoms with Gasteiger partial charge in [-0.3, -0.25) is 4.79 Å². The van der Waals surface area contributed by atoms with Gasteiger partial charge in [0.25, 0.3) is 5.78 Å². The van der Waals surface area contributed by atoms with Gasteiger partial charge < -0.3 is 9.84 Å². The predicted molar refractivity (Wildman–Crippen MR) is 54.7 cm³/mol. The van der Waals surface area contributed by atoms with Crippen molar-refractivity contribution in [1.82, 2.24) is 0 Å². The van der Waals surface area contributed by atoms with Gasteiger partial charge in [-0.1, -0.05) is 18.2 Å². The summed E-state index contributed by atoms with van der Waals surface area (Å²) in [6.07, 6.45) is 2.46. The maximum Gasteiger partial charge on any atom is 0.376 e. The lowest BCUT2D eigenvalue weighted by molar-refractivity contribution is -0.146. The molecule has 1 aromatic rings. The maximum atomic E-state index is 10.7. The molecular weight excluding hydrogens is 196 g/mol. The predicted octanol–water partition coefficient (Wildman–Crippen LogP) is 1.36. The summed E-state index contributed by atoms with van der Waals surface area (Å²) in [6, 6.07) is 6.91. The molecular formula is C11H10O4. The van der Waals surface area contributed by atoms with Crippen molar-refractivity contribution in [1.29, 1.82) is 0 Å². The number of hydrogen-bond donors (Lipinski definition) is 1. The molecule has 0 amide bonds. The molecule has 1 aromatic carbocycles. The van der Waals surface area contributed by atoms with Crippen molar-refractivity contribution in [3.05, 3.63) is 35.9 Å². The molecule has 0 spiro atoms. The van der Waals surface area contributed by atoms with E-state index in [1.807, 2.05) is 0 Å². The summed E-state index contributed by atoms with van der Waals surface area (Å²) in [4.78, 5) is 20.9. The van der Waals surface area contributed by atoms with Crippen LogP contribution in [0.3, 0.4) is 0 Å². The van der Waals surface area contributed by atoms with E-state index in [0.717, 1.165) is 11.6 Å². The van der Waals surface area contributed by atoms with Crippen LogP contribution in [0, 0.1) is 0 Å². The van der Waals surface area contributed by atoms with Crippen molar-refractivity contribution < 1.29 is 19.4 Å². The van der Waals surface area contributed by atoms with Gasteiger partial charge in [-0.05, 0) is 23.8 Å². The third kappa shape index (κ3) is 3.27. The fourth-order valence-corrected chi connectivity index (χ4v) is 0.958. The number of aliphatic carboxylic acids is 1. The van der Waals surface area contributed by atoms with Crippen LogP contribution >= 0.6 is 0 Å². The van der Waals surface area contributed by atoms with E-state index in [2.05, 4.69) is 0 Å². The molecule has 4 nitrogen and oxygen atoms in total. The molecule has 0 unspecified atom stereocenters. The molecule has 78 valence electrons. The van der Waals surface area contributed by atoms with Gasteiger partial charge in [-0.25, -0.2) is 4.79 Å². The van der Waals surface area contributed by atoms with Gasteiger partial charge in [0, 0.05) is 0 Å². The molecule has 1 rings (SSSR count). The van der Waals surface area contributed by atoms with Gasteiger partial charge >= 0.3 is 5.97 Å². The molecule has 0 atom stereocenters. The van der Waals surface area contributed by atoms with Gasteiger partial charge in [0.15, 0.2) is 0 Å². The van der Waals surface area contributed by atoms with Gasteiger partial charge in [0.2, 0.25) is 0 Å². The van der Waals surface area contributed by atoms with Crippen molar-refractivity contribution in [3.8, 4) is 5.75 Å². The van der Waals surface area contributed by atoms with E-state index in [1.165, 1.54) is 6.08 Å². The van der Waals surface area contributed by atoms with E-state index in [9.17, 15) is 9.59 Å². The quantitative estimate of drug-likeness (QED) is 0.596. The SMILES string of the molecule is COc1ccc(C=CC(=O)C(=O)O)cc1. The van der Waals surface area contributed by atoms with Crippen LogP contribution in [0.25, 0.3) is 6.08 Å². The fourth-order valence-electron chi connectivity index (χ4n) is 0.958. The second-order valence-electron chi connectivity index (χ2n) is 2.78. The van der Waals surface area contributed by atoms with E-state index < -0.39 is 11.8 Å². The molecule has 4 heteroatoms. The van der Waals surface area contributed by atoms with Crippen LogP contribution in [0.15, 0.2) is 30.3 Å². The van der Waals surface area contributed by atoms with Crippen molar-refractivity contribution in [2.45, 2.75) is 0 Å². The van der Waals surface area contributed by atoms with Crippen LogP contribution in [0.2, 0.25) is 0 Å². The lowest BCUT2D eigenvalue weighted by Crippen LogP contribution is -2.08. The molecule has 0 aliphatic carbocycles. The Morgan fingerprint density at radius 2 is 1.87 bits per heavy atom. The molecule has 0 heterocycles. The number of methoxy groups -OCH3 is 1. The summed E-state index contributed by atoms with van der Waals surface area (Å²) in [5.41, 5.74) is 0.741. The average Bonchev–Trinajstić information content (AvgIpc) is 2.26. The zero-order valence-electron chi connectivity index (χ0n) is 8.14. The molecule has 0 aliphatic rings. The Hall–Kier alpha value is -2.10. The lowest BCUT2D eigenvalue weighted by Gasteiger charge is -1.98. The molecule has 0 saturated carbocycles. The molecule has 0 fully saturated rings. The number of benzene rings is 1. The third-order valence-corrected chi connectivity index (χ3v) is 1.75. The van der Waals surface area contributed by atoms with Crippen LogP contribution in [0.4, 0.5) is 0 Å². The van der Waals surface area contributed by atoms with Crippen molar-refractivity contribution in [2.24, 2.45) is 0 Å². The number of carbonyl (C=O) groups excluding carboxylic acids is 1. The second-order valence-corrected chi connectivity index (χ2v) is 2.78. The standard InChI is InChI=1S/C11H10O4/c1-15-9-5-2-8(3-6-9)4-7-10(12)11(13)14/h2-7H,1H3,(H,13,14). The van der Waals surface area contributed by atoms with E-state index in [-0.39, 0.29) is 0 Å². The highest BCUT2D eigenvalue weighted by Crippen LogP contribution is 2.12. The third-order valence-electron chi connectivity index (χ3n) is 1.75. The molecule has 0 bridgehead atoms. The van der Waals surface area contributed by atoms with Gasteiger partial charge in [-0.2, -0.15) is 0 Å². The van der Waals surface area contributed by atoms with Crippen molar-refractivity contribution in [3.63, 3.8) is 0 Å². The molecule has 0 aromatic heterocycles. The van der Waals surface area contributed by atoms with Crippen LogP contribution in [-0.4, -0.2) is 24.0 Å². The highest BCUT2D eigenvalue weighted by molar-refractivity contribution is 6.38. The summed E-state index contributed by atoms with van der Waals surface area (Å²) >= 11 is 0. The van der Waals surface area contributed by atoms with Gasteiger partial charge in [0.05, 0.1) is 7.11 Å². The molecule has 0 radical (unpaired) electrons. The smallest absolute Gasteiger partial charge is 0.376 e.